The molecule has 0 aliphatic rings. The lowest BCUT2D eigenvalue weighted by Gasteiger charge is -2.28. The van der Waals surface area contributed by atoms with Crippen LogP contribution in [0.25, 0.3) is 0 Å². The van der Waals surface area contributed by atoms with Crippen LogP contribution in [0.15, 0.2) is 85.3 Å². The summed E-state index contributed by atoms with van der Waals surface area (Å²) in [5.74, 6) is -0.432. The van der Waals surface area contributed by atoms with E-state index in [0.29, 0.717) is 30.3 Å². The second-order valence-electron chi connectivity index (χ2n) is 16.1. The van der Waals surface area contributed by atoms with E-state index >= 15 is 0 Å². The zero-order valence-corrected chi connectivity index (χ0v) is 38.5. The fourth-order valence-corrected chi connectivity index (χ4v) is 6.35. The summed E-state index contributed by atoms with van der Waals surface area (Å²) in [5.41, 5.74) is 0. The van der Waals surface area contributed by atoms with Crippen molar-refractivity contribution < 1.29 is 47.5 Å². The maximum Gasteiger partial charge on any atom is 0.305 e. The van der Waals surface area contributed by atoms with E-state index in [1.807, 2.05) is 75.8 Å². The van der Waals surface area contributed by atoms with E-state index in [1.165, 1.54) is 83.3 Å². The normalized spacial score (nSPS) is 15.5. The van der Waals surface area contributed by atoms with Crippen LogP contribution >= 0.6 is 7.82 Å². The van der Waals surface area contributed by atoms with Crippen molar-refractivity contribution in [3.05, 3.63) is 85.3 Å². The molecule has 0 aromatic rings. The molecule has 0 aromatic heterocycles. The Morgan fingerprint density at radius 1 is 0.678 bits per heavy atom. The molecule has 0 fully saturated rings. The van der Waals surface area contributed by atoms with Gasteiger partial charge in [0.25, 0.3) is 7.82 Å². The number of phosphoric acid groups is 1. The van der Waals surface area contributed by atoms with Crippen molar-refractivity contribution >= 4 is 13.8 Å². The summed E-state index contributed by atoms with van der Waals surface area (Å²) in [6.45, 7) is 4.29. The molecule has 2 N–H and O–H groups in total. The predicted octanol–water partition coefficient (Wildman–Crippen LogP) is 10.9. The van der Waals surface area contributed by atoms with E-state index in [1.54, 1.807) is 24.3 Å². The molecule has 4 atom stereocenters. The molecule has 340 valence electrons. The first-order valence-corrected chi connectivity index (χ1v) is 24.1. The van der Waals surface area contributed by atoms with Gasteiger partial charge in [0.15, 0.2) is 6.10 Å². The maximum absolute atomic E-state index is 12.5. The van der Waals surface area contributed by atoms with Crippen molar-refractivity contribution in [3.8, 4) is 0 Å². The molecule has 10 nitrogen and oxygen atoms in total. The number of esters is 1. The topological polar surface area (TPSA) is 135 Å². The lowest BCUT2D eigenvalue weighted by atomic mass is 10.0. The molecule has 59 heavy (non-hydrogen) atoms. The smallest absolute Gasteiger partial charge is 0.305 e. The summed E-state index contributed by atoms with van der Waals surface area (Å²) in [6, 6.07) is 0. The highest BCUT2D eigenvalue weighted by molar-refractivity contribution is 7.45. The number of quaternary nitrogens is 1. The van der Waals surface area contributed by atoms with Crippen LogP contribution in [-0.4, -0.2) is 86.5 Å². The SMILES string of the molecule is CC/C=C\C[C@@H](O)/C=C/C=C\C/C=C\C=C\[C@@H](O)/C=C\CCCC(=O)OC[C@H](COP(=O)([O-])OCC[N+](C)(C)C)O/C=C/CCCCCCCCCCCCCCCC. The highest BCUT2D eigenvalue weighted by Gasteiger charge is 2.19. The van der Waals surface area contributed by atoms with Gasteiger partial charge < -0.3 is 38.1 Å². The standard InChI is InChI=1S/C48H84NO9P/c1-6-8-10-11-12-13-14-15-16-17-18-19-20-24-27-34-41-55-47(44-58-59(53,54)57-42-40-49(3,4)5)43-56-48(52)39-33-28-32-38-46(51)37-31-26-23-21-22-25-30-36-45(50)35-29-9-7-2/h9,22-23,25-26,29-32,34,36-38,41,45-47,50-51H,6-8,10-21,24,27-28,33,35,39-40,42-44H2,1-5H3/b25-22-,26-23-,29-9-,36-30+,37-31+,38-32-,41-34+/t45-,46-,47-/m1/s1. The van der Waals surface area contributed by atoms with E-state index in [4.69, 9.17) is 18.5 Å². The molecule has 0 rings (SSSR count). The van der Waals surface area contributed by atoms with Crippen LogP contribution in [0.2, 0.25) is 0 Å². The number of carbonyl (C=O) groups excluding carboxylic acids is 1. The molecule has 11 heteroatoms. The number of hydrogen-bond donors (Lipinski definition) is 2. The molecule has 0 heterocycles. The first kappa shape index (κ1) is 56.4. The van der Waals surface area contributed by atoms with Crippen LogP contribution < -0.4 is 4.89 Å². The first-order chi connectivity index (χ1) is 28.4. The summed E-state index contributed by atoms with van der Waals surface area (Å²) in [6.07, 6.45) is 46.3. The summed E-state index contributed by atoms with van der Waals surface area (Å²) >= 11 is 0. The fourth-order valence-electron chi connectivity index (χ4n) is 5.62. The van der Waals surface area contributed by atoms with Gasteiger partial charge in [0, 0.05) is 6.42 Å². The van der Waals surface area contributed by atoms with Crippen molar-refractivity contribution in [1.29, 1.82) is 0 Å². The third-order valence-corrected chi connectivity index (χ3v) is 10.2. The summed E-state index contributed by atoms with van der Waals surface area (Å²) in [4.78, 5) is 24.9. The monoisotopic (exact) mass is 850 g/mol. The van der Waals surface area contributed by atoms with Crippen LogP contribution in [0.4, 0.5) is 0 Å². The Morgan fingerprint density at radius 3 is 1.88 bits per heavy atom. The van der Waals surface area contributed by atoms with Crippen molar-refractivity contribution in [2.75, 3.05) is 47.5 Å². The molecule has 0 saturated heterocycles. The number of aliphatic hydroxyl groups is 2. The lowest BCUT2D eigenvalue weighted by molar-refractivity contribution is -0.870. The highest BCUT2D eigenvalue weighted by Crippen LogP contribution is 2.38. The number of unbranched alkanes of at least 4 members (excludes halogenated alkanes) is 15. The second-order valence-corrected chi connectivity index (χ2v) is 17.6. The van der Waals surface area contributed by atoms with Gasteiger partial charge in [-0.3, -0.25) is 9.36 Å². The van der Waals surface area contributed by atoms with Crippen LogP contribution in [-0.2, 0) is 27.9 Å². The first-order valence-electron chi connectivity index (χ1n) is 22.6. The molecule has 0 spiro atoms. The second kappa shape index (κ2) is 39.6. The van der Waals surface area contributed by atoms with Crippen molar-refractivity contribution in [3.63, 3.8) is 0 Å². The Balaban J connectivity index is 4.53. The highest BCUT2D eigenvalue weighted by atomic mass is 31.2. The largest absolute Gasteiger partial charge is 0.756 e. The van der Waals surface area contributed by atoms with Gasteiger partial charge in [0.1, 0.15) is 19.8 Å². The van der Waals surface area contributed by atoms with Gasteiger partial charge in [0.2, 0.25) is 0 Å². The Bertz CT molecular complexity index is 1250. The number of phosphoric ester groups is 1. The van der Waals surface area contributed by atoms with Crippen molar-refractivity contribution in [2.24, 2.45) is 0 Å². The molecule has 0 aliphatic carbocycles. The molecule has 0 bridgehead atoms. The van der Waals surface area contributed by atoms with Gasteiger partial charge in [-0.1, -0.05) is 170 Å². The minimum absolute atomic E-state index is 0.00958. The number of ether oxygens (including phenoxy) is 2. The van der Waals surface area contributed by atoms with Crippen molar-refractivity contribution in [2.45, 2.75) is 167 Å². The predicted molar refractivity (Wildman–Crippen MR) is 243 cm³/mol. The quantitative estimate of drug-likeness (QED) is 0.0117. The zero-order valence-electron chi connectivity index (χ0n) is 37.6. The lowest BCUT2D eigenvalue weighted by Crippen LogP contribution is -2.37. The van der Waals surface area contributed by atoms with E-state index in [2.05, 4.69) is 13.8 Å². The van der Waals surface area contributed by atoms with Gasteiger partial charge in [-0.2, -0.15) is 0 Å². The Morgan fingerprint density at radius 2 is 1.27 bits per heavy atom. The van der Waals surface area contributed by atoms with E-state index < -0.39 is 32.1 Å². The molecule has 0 aromatic carbocycles. The summed E-state index contributed by atoms with van der Waals surface area (Å²) in [5, 5.41) is 20.0. The Labute approximate surface area is 360 Å². The van der Waals surface area contributed by atoms with Crippen LogP contribution in [0.5, 0.6) is 0 Å². The van der Waals surface area contributed by atoms with Crippen molar-refractivity contribution in [1.82, 2.24) is 0 Å². The van der Waals surface area contributed by atoms with Gasteiger partial charge in [0.05, 0.1) is 46.2 Å². The molecule has 0 saturated carbocycles. The average molecular weight is 850 g/mol. The molecule has 0 radical (unpaired) electrons. The Hall–Kier alpha value is -2.56. The number of allylic oxidation sites excluding steroid dienone is 9. The van der Waals surface area contributed by atoms with Crippen LogP contribution in [0, 0.1) is 0 Å². The van der Waals surface area contributed by atoms with Crippen LogP contribution in [0.1, 0.15) is 149 Å². The number of aliphatic hydroxyl groups excluding tert-OH is 2. The maximum atomic E-state index is 12.5. The van der Waals surface area contributed by atoms with Gasteiger partial charge in [-0.05, 0) is 51.0 Å². The molecular formula is C48H84NO9P. The number of carbonyl (C=O) groups is 1. The summed E-state index contributed by atoms with van der Waals surface area (Å²) in [7, 11) is 1.24. The van der Waals surface area contributed by atoms with E-state index in [0.717, 1.165) is 32.1 Å². The molecule has 1 unspecified atom stereocenters. The third kappa shape index (κ3) is 43.3. The molecule has 0 aliphatic heterocycles. The number of nitrogens with zero attached hydrogens (tertiary/aromatic N) is 1. The number of rotatable bonds is 40. The molecular weight excluding hydrogens is 765 g/mol. The average Bonchev–Trinajstić information content (AvgIpc) is 3.18. The van der Waals surface area contributed by atoms with Crippen LogP contribution in [0.3, 0.4) is 0 Å². The molecule has 0 amide bonds. The minimum Gasteiger partial charge on any atom is -0.756 e. The number of hydrogen-bond acceptors (Lipinski definition) is 9. The van der Waals surface area contributed by atoms with Gasteiger partial charge in [-0.15, -0.1) is 0 Å². The van der Waals surface area contributed by atoms with Gasteiger partial charge >= 0.3 is 5.97 Å². The fraction of sp³-hybridized carbons (Fsp3) is 0.688. The summed E-state index contributed by atoms with van der Waals surface area (Å²) < 4.78 is 34.2. The minimum atomic E-state index is -4.57. The Kier molecular flexibility index (Phi) is 37.9. The zero-order chi connectivity index (χ0) is 43.7. The van der Waals surface area contributed by atoms with E-state index in [-0.39, 0.29) is 26.2 Å². The third-order valence-electron chi connectivity index (χ3n) is 9.22. The van der Waals surface area contributed by atoms with E-state index in [9.17, 15) is 24.5 Å². The van der Waals surface area contributed by atoms with Gasteiger partial charge in [-0.25, -0.2) is 0 Å². The number of likely N-dealkylation sites (N-methyl/N-ethyl adjacent to an activating group) is 1.